The van der Waals surface area contributed by atoms with Crippen molar-refractivity contribution < 1.29 is 9.59 Å². The smallest absolute Gasteiger partial charge is 0.140 e. The second-order valence-corrected chi connectivity index (χ2v) is 3.42. The SMILES string of the molecule is C=CC[C@H]1C(=C)CC(=O)CCC1=O. The van der Waals surface area contributed by atoms with E-state index in [0.717, 1.165) is 5.57 Å². The summed E-state index contributed by atoms with van der Waals surface area (Å²) < 4.78 is 0. The maximum absolute atomic E-state index is 11.5. The largest absolute Gasteiger partial charge is 0.299 e. The van der Waals surface area contributed by atoms with Gasteiger partial charge in [0, 0.05) is 25.2 Å². The van der Waals surface area contributed by atoms with E-state index in [0.29, 0.717) is 25.7 Å². The van der Waals surface area contributed by atoms with Gasteiger partial charge in [-0.2, -0.15) is 0 Å². The van der Waals surface area contributed by atoms with E-state index in [1.165, 1.54) is 0 Å². The third-order valence-electron chi connectivity index (χ3n) is 2.36. The summed E-state index contributed by atoms with van der Waals surface area (Å²) in [5.41, 5.74) is 0.757. The van der Waals surface area contributed by atoms with Gasteiger partial charge in [-0.25, -0.2) is 0 Å². The fraction of sp³-hybridized carbons (Fsp3) is 0.455. The van der Waals surface area contributed by atoms with Crippen LogP contribution in [0.3, 0.4) is 0 Å². The Kier molecular flexibility index (Phi) is 3.18. The van der Waals surface area contributed by atoms with E-state index in [4.69, 9.17) is 0 Å². The van der Waals surface area contributed by atoms with Crippen molar-refractivity contribution in [3.05, 3.63) is 24.8 Å². The Morgan fingerprint density at radius 3 is 2.69 bits per heavy atom. The number of rotatable bonds is 2. The molecular weight excluding hydrogens is 164 g/mol. The zero-order valence-electron chi connectivity index (χ0n) is 7.71. The topological polar surface area (TPSA) is 34.1 Å². The Morgan fingerprint density at radius 2 is 2.08 bits per heavy atom. The van der Waals surface area contributed by atoms with Gasteiger partial charge in [-0.05, 0) is 6.42 Å². The van der Waals surface area contributed by atoms with Gasteiger partial charge in [-0.3, -0.25) is 9.59 Å². The van der Waals surface area contributed by atoms with Crippen molar-refractivity contribution in [1.82, 2.24) is 0 Å². The first kappa shape index (κ1) is 9.90. The number of ketones is 2. The Hall–Kier alpha value is -1.18. The van der Waals surface area contributed by atoms with Gasteiger partial charge in [-0.1, -0.05) is 18.2 Å². The molecule has 0 amide bonds. The second-order valence-electron chi connectivity index (χ2n) is 3.42. The predicted octanol–water partition coefficient (Wildman–Crippen LogP) is 2.06. The van der Waals surface area contributed by atoms with Crippen LogP contribution in [0.1, 0.15) is 25.7 Å². The molecule has 0 saturated heterocycles. The van der Waals surface area contributed by atoms with Crippen LogP contribution < -0.4 is 0 Å². The van der Waals surface area contributed by atoms with Gasteiger partial charge < -0.3 is 0 Å². The molecule has 1 aliphatic carbocycles. The number of hydrogen-bond donors (Lipinski definition) is 0. The highest BCUT2D eigenvalue weighted by molar-refractivity contribution is 5.93. The quantitative estimate of drug-likeness (QED) is 0.479. The molecule has 70 valence electrons. The van der Waals surface area contributed by atoms with Crippen LogP contribution in [0.4, 0.5) is 0 Å². The van der Waals surface area contributed by atoms with E-state index in [1.54, 1.807) is 6.08 Å². The molecule has 0 unspecified atom stereocenters. The zero-order valence-corrected chi connectivity index (χ0v) is 7.71. The maximum Gasteiger partial charge on any atom is 0.140 e. The lowest BCUT2D eigenvalue weighted by Gasteiger charge is -2.11. The summed E-state index contributed by atoms with van der Waals surface area (Å²) in [6, 6.07) is 0. The molecular formula is C11H14O2. The summed E-state index contributed by atoms with van der Waals surface area (Å²) in [4.78, 5) is 22.6. The van der Waals surface area contributed by atoms with Crippen LogP contribution in [0.25, 0.3) is 0 Å². The molecule has 0 N–H and O–H groups in total. The van der Waals surface area contributed by atoms with Gasteiger partial charge >= 0.3 is 0 Å². The molecule has 1 aliphatic rings. The van der Waals surface area contributed by atoms with E-state index in [9.17, 15) is 9.59 Å². The fourth-order valence-corrected chi connectivity index (χ4v) is 1.59. The van der Waals surface area contributed by atoms with Crippen LogP contribution in [0.2, 0.25) is 0 Å². The normalized spacial score (nSPS) is 24.3. The highest BCUT2D eigenvalue weighted by Crippen LogP contribution is 2.25. The number of hydrogen-bond acceptors (Lipinski definition) is 2. The molecule has 0 aromatic rings. The summed E-state index contributed by atoms with van der Waals surface area (Å²) in [6.07, 6.45) is 3.45. The van der Waals surface area contributed by atoms with Crippen molar-refractivity contribution in [3.8, 4) is 0 Å². The molecule has 1 fully saturated rings. The average molecular weight is 178 g/mol. The van der Waals surface area contributed by atoms with Gasteiger partial charge in [-0.15, -0.1) is 6.58 Å². The first-order chi connectivity index (χ1) is 6.15. The Balaban J connectivity index is 2.78. The van der Waals surface area contributed by atoms with Crippen LogP contribution in [0, 0.1) is 5.92 Å². The predicted molar refractivity (Wildman–Crippen MR) is 51.3 cm³/mol. The monoisotopic (exact) mass is 178 g/mol. The zero-order chi connectivity index (χ0) is 9.84. The Labute approximate surface area is 78.3 Å². The lowest BCUT2D eigenvalue weighted by molar-refractivity contribution is -0.123. The van der Waals surface area contributed by atoms with E-state index in [-0.39, 0.29) is 17.5 Å². The third-order valence-corrected chi connectivity index (χ3v) is 2.36. The first-order valence-electron chi connectivity index (χ1n) is 4.48. The van der Waals surface area contributed by atoms with Crippen LogP contribution in [-0.4, -0.2) is 11.6 Å². The number of carbonyl (C=O) groups is 2. The maximum atomic E-state index is 11.5. The molecule has 0 spiro atoms. The van der Waals surface area contributed by atoms with E-state index < -0.39 is 0 Å². The van der Waals surface area contributed by atoms with E-state index >= 15 is 0 Å². The summed E-state index contributed by atoms with van der Waals surface area (Å²) in [7, 11) is 0. The molecule has 0 aliphatic heterocycles. The Morgan fingerprint density at radius 1 is 1.38 bits per heavy atom. The molecule has 1 rings (SSSR count). The molecule has 0 heterocycles. The van der Waals surface area contributed by atoms with Crippen LogP contribution in [0.5, 0.6) is 0 Å². The summed E-state index contributed by atoms with van der Waals surface area (Å²) in [5, 5.41) is 0. The fourth-order valence-electron chi connectivity index (χ4n) is 1.59. The highest BCUT2D eigenvalue weighted by atomic mass is 16.1. The second kappa shape index (κ2) is 4.17. The lowest BCUT2D eigenvalue weighted by Crippen LogP contribution is -2.13. The van der Waals surface area contributed by atoms with E-state index in [1.807, 2.05) is 0 Å². The van der Waals surface area contributed by atoms with Crippen molar-refractivity contribution in [2.75, 3.05) is 0 Å². The number of Topliss-reactive ketones (excluding diaryl/α,β-unsaturated/α-hetero) is 2. The van der Waals surface area contributed by atoms with Crippen molar-refractivity contribution in [3.63, 3.8) is 0 Å². The molecule has 0 bridgehead atoms. The van der Waals surface area contributed by atoms with Crippen LogP contribution in [0.15, 0.2) is 24.8 Å². The summed E-state index contributed by atoms with van der Waals surface area (Å²) in [6.45, 7) is 7.38. The molecule has 0 aromatic heterocycles. The minimum absolute atomic E-state index is 0.130. The molecule has 1 saturated carbocycles. The number of carbonyl (C=O) groups excluding carboxylic acids is 2. The molecule has 2 heteroatoms. The van der Waals surface area contributed by atoms with Crippen molar-refractivity contribution in [2.45, 2.75) is 25.7 Å². The summed E-state index contributed by atoms with van der Waals surface area (Å²) in [5.74, 6) is 0.101. The van der Waals surface area contributed by atoms with E-state index in [2.05, 4.69) is 13.2 Å². The molecule has 0 radical (unpaired) electrons. The minimum Gasteiger partial charge on any atom is -0.299 e. The van der Waals surface area contributed by atoms with Crippen molar-refractivity contribution in [2.24, 2.45) is 5.92 Å². The molecule has 1 atom stereocenters. The van der Waals surface area contributed by atoms with Gasteiger partial charge in [0.1, 0.15) is 11.6 Å². The summed E-state index contributed by atoms with van der Waals surface area (Å²) >= 11 is 0. The van der Waals surface area contributed by atoms with Crippen LogP contribution in [-0.2, 0) is 9.59 Å². The van der Waals surface area contributed by atoms with Gasteiger partial charge in [0.15, 0.2) is 0 Å². The van der Waals surface area contributed by atoms with Gasteiger partial charge in [0.2, 0.25) is 0 Å². The van der Waals surface area contributed by atoms with Gasteiger partial charge in [0.25, 0.3) is 0 Å². The number of allylic oxidation sites excluding steroid dienone is 2. The molecule has 13 heavy (non-hydrogen) atoms. The lowest BCUT2D eigenvalue weighted by atomic mass is 9.91. The molecule has 2 nitrogen and oxygen atoms in total. The molecule has 0 aromatic carbocycles. The Bertz CT molecular complexity index is 263. The minimum atomic E-state index is -0.163. The van der Waals surface area contributed by atoms with Crippen molar-refractivity contribution in [1.29, 1.82) is 0 Å². The first-order valence-corrected chi connectivity index (χ1v) is 4.48. The van der Waals surface area contributed by atoms with Crippen LogP contribution >= 0.6 is 0 Å². The standard InChI is InChI=1S/C11H14O2/c1-3-4-10-8(2)7-9(12)5-6-11(10)13/h3,10H,1-2,4-7H2/t10-/m0/s1. The van der Waals surface area contributed by atoms with Gasteiger partial charge in [0.05, 0.1) is 0 Å². The van der Waals surface area contributed by atoms with Crippen molar-refractivity contribution >= 4 is 11.6 Å². The average Bonchev–Trinajstić information content (AvgIpc) is 2.19. The third kappa shape index (κ3) is 2.38. The highest BCUT2D eigenvalue weighted by Gasteiger charge is 2.25.